The van der Waals surface area contributed by atoms with Gasteiger partial charge in [-0.1, -0.05) is 39.8 Å². The topological polar surface area (TPSA) is 18.5 Å². The van der Waals surface area contributed by atoms with Crippen molar-refractivity contribution in [3.8, 4) is 11.5 Å². The molecule has 0 spiro atoms. The lowest BCUT2D eigenvalue weighted by atomic mass is 10.1. The molecule has 0 saturated heterocycles. The molecule has 0 saturated carbocycles. The van der Waals surface area contributed by atoms with Crippen LogP contribution >= 0.6 is 0 Å². The van der Waals surface area contributed by atoms with Crippen LogP contribution in [-0.2, 0) is 0 Å². The number of ether oxygens (including phenoxy) is 2. The molecule has 120 valence electrons. The Labute approximate surface area is 134 Å². The second-order valence-electron chi connectivity index (χ2n) is 6.73. The van der Waals surface area contributed by atoms with E-state index in [1.165, 1.54) is 10.8 Å². The Morgan fingerprint density at radius 2 is 1.09 bits per heavy atom. The maximum absolute atomic E-state index is 5.82. The molecule has 0 bridgehead atoms. The third kappa shape index (κ3) is 5.25. The van der Waals surface area contributed by atoms with Gasteiger partial charge in [0.05, 0.1) is 13.2 Å². The first kappa shape index (κ1) is 16.7. The van der Waals surface area contributed by atoms with Crippen molar-refractivity contribution < 1.29 is 9.47 Å². The minimum absolute atomic E-state index is 0.672. The zero-order chi connectivity index (χ0) is 15.9. The molecule has 2 rings (SSSR count). The summed E-state index contributed by atoms with van der Waals surface area (Å²) in [6, 6.07) is 12.5. The van der Waals surface area contributed by atoms with Gasteiger partial charge in [-0.05, 0) is 59.7 Å². The second-order valence-corrected chi connectivity index (χ2v) is 6.73. The smallest absolute Gasteiger partial charge is 0.119 e. The zero-order valence-electron chi connectivity index (χ0n) is 14.3. The Morgan fingerprint density at radius 1 is 0.682 bits per heavy atom. The van der Waals surface area contributed by atoms with E-state index in [4.69, 9.17) is 9.47 Å². The van der Waals surface area contributed by atoms with E-state index in [0.717, 1.165) is 37.6 Å². The van der Waals surface area contributed by atoms with E-state index < -0.39 is 0 Å². The molecule has 0 heterocycles. The summed E-state index contributed by atoms with van der Waals surface area (Å²) in [5.41, 5.74) is 0. The maximum Gasteiger partial charge on any atom is 0.119 e. The summed E-state index contributed by atoms with van der Waals surface area (Å²) in [6.45, 7) is 10.4. The summed E-state index contributed by atoms with van der Waals surface area (Å²) in [5, 5.41) is 2.39. The van der Waals surface area contributed by atoms with Gasteiger partial charge in [-0.15, -0.1) is 0 Å². The monoisotopic (exact) mass is 300 g/mol. The summed E-state index contributed by atoms with van der Waals surface area (Å²) in [7, 11) is 0. The van der Waals surface area contributed by atoms with Crippen LogP contribution in [0.4, 0.5) is 0 Å². The van der Waals surface area contributed by atoms with E-state index in [0.29, 0.717) is 11.8 Å². The van der Waals surface area contributed by atoms with E-state index in [2.05, 4.69) is 52.0 Å². The summed E-state index contributed by atoms with van der Waals surface area (Å²) in [4.78, 5) is 0. The van der Waals surface area contributed by atoms with E-state index in [1.54, 1.807) is 0 Å². The third-order valence-electron chi connectivity index (χ3n) is 3.71. The van der Waals surface area contributed by atoms with Crippen LogP contribution in [0.3, 0.4) is 0 Å². The highest BCUT2D eigenvalue weighted by Gasteiger charge is 2.02. The summed E-state index contributed by atoms with van der Waals surface area (Å²) in [6.07, 6.45) is 2.17. The molecule has 2 nitrogen and oxygen atoms in total. The Hall–Kier alpha value is -1.70. The third-order valence-corrected chi connectivity index (χ3v) is 3.71. The first-order valence-electron chi connectivity index (χ1n) is 8.34. The predicted octanol–water partition coefficient (Wildman–Crippen LogP) is 5.69. The summed E-state index contributed by atoms with van der Waals surface area (Å²) >= 11 is 0. The van der Waals surface area contributed by atoms with Gasteiger partial charge in [-0.25, -0.2) is 0 Å². The standard InChI is InChI=1S/C20H28O2/c1-15(2)9-11-21-19-7-5-18-14-20(8-6-17(18)13-19)22-12-10-16(3)4/h5-8,13-16H,9-12H2,1-4H3. The van der Waals surface area contributed by atoms with Crippen molar-refractivity contribution in [2.45, 2.75) is 40.5 Å². The van der Waals surface area contributed by atoms with Gasteiger partial charge >= 0.3 is 0 Å². The number of hydrogen-bond acceptors (Lipinski definition) is 2. The molecule has 0 aliphatic carbocycles. The molecule has 0 amide bonds. The van der Waals surface area contributed by atoms with Gasteiger partial charge in [0.25, 0.3) is 0 Å². The molecule has 0 aromatic heterocycles. The number of benzene rings is 2. The minimum Gasteiger partial charge on any atom is -0.494 e. The number of fused-ring (bicyclic) bond motifs is 1. The first-order valence-corrected chi connectivity index (χ1v) is 8.34. The van der Waals surface area contributed by atoms with Gasteiger partial charge in [0.15, 0.2) is 0 Å². The normalized spacial score (nSPS) is 11.4. The van der Waals surface area contributed by atoms with Crippen LogP contribution in [0.15, 0.2) is 36.4 Å². The molecule has 0 atom stereocenters. The molecule has 0 N–H and O–H groups in total. The fourth-order valence-electron chi connectivity index (χ4n) is 2.21. The lowest BCUT2D eigenvalue weighted by molar-refractivity contribution is 0.289. The molecule has 2 aromatic rings. The highest BCUT2D eigenvalue weighted by atomic mass is 16.5. The van der Waals surface area contributed by atoms with Crippen molar-refractivity contribution in [2.24, 2.45) is 11.8 Å². The fraction of sp³-hybridized carbons (Fsp3) is 0.500. The summed E-state index contributed by atoms with van der Waals surface area (Å²) in [5.74, 6) is 3.24. The highest BCUT2D eigenvalue weighted by molar-refractivity contribution is 5.85. The predicted molar refractivity (Wildman–Crippen MR) is 93.8 cm³/mol. The lowest BCUT2D eigenvalue weighted by Gasteiger charge is -2.11. The lowest BCUT2D eigenvalue weighted by Crippen LogP contribution is -2.01. The van der Waals surface area contributed by atoms with Gasteiger partial charge in [0.1, 0.15) is 11.5 Å². The molecule has 0 radical (unpaired) electrons. The molecular weight excluding hydrogens is 272 g/mol. The van der Waals surface area contributed by atoms with E-state index >= 15 is 0 Å². The van der Waals surface area contributed by atoms with E-state index in [1.807, 2.05) is 12.1 Å². The SMILES string of the molecule is CC(C)CCOc1ccc2cc(OCCC(C)C)ccc2c1. The average Bonchev–Trinajstić information content (AvgIpc) is 2.46. The molecular formula is C20H28O2. The Balaban J connectivity index is 1.99. The molecule has 0 unspecified atom stereocenters. The van der Waals surface area contributed by atoms with Crippen molar-refractivity contribution in [1.29, 1.82) is 0 Å². The first-order chi connectivity index (χ1) is 10.5. The Kier molecular flexibility index (Phi) is 6.11. The van der Waals surface area contributed by atoms with Crippen molar-refractivity contribution in [2.75, 3.05) is 13.2 Å². The minimum atomic E-state index is 0.672. The highest BCUT2D eigenvalue weighted by Crippen LogP contribution is 2.25. The number of rotatable bonds is 8. The fourth-order valence-corrected chi connectivity index (χ4v) is 2.21. The van der Waals surface area contributed by atoms with Crippen LogP contribution in [0.5, 0.6) is 11.5 Å². The molecule has 22 heavy (non-hydrogen) atoms. The van der Waals surface area contributed by atoms with Crippen molar-refractivity contribution in [1.82, 2.24) is 0 Å². The number of hydrogen-bond donors (Lipinski definition) is 0. The van der Waals surface area contributed by atoms with Crippen LogP contribution in [0.1, 0.15) is 40.5 Å². The molecule has 0 aliphatic heterocycles. The van der Waals surface area contributed by atoms with Crippen LogP contribution in [0.25, 0.3) is 10.8 Å². The summed E-state index contributed by atoms with van der Waals surface area (Å²) < 4.78 is 11.6. The van der Waals surface area contributed by atoms with Gasteiger partial charge in [0, 0.05) is 0 Å². The van der Waals surface area contributed by atoms with Gasteiger partial charge in [-0.2, -0.15) is 0 Å². The van der Waals surface area contributed by atoms with E-state index in [-0.39, 0.29) is 0 Å². The van der Waals surface area contributed by atoms with Crippen molar-refractivity contribution in [3.63, 3.8) is 0 Å². The van der Waals surface area contributed by atoms with Gasteiger partial charge < -0.3 is 9.47 Å². The second kappa shape index (κ2) is 8.07. The zero-order valence-corrected chi connectivity index (χ0v) is 14.3. The molecule has 2 aromatic carbocycles. The molecule has 0 aliphatic rings. The van der Waals surface area contributed by atoms with Crippen LogP contribution in [0.2, 0.25) is 0 Å². The maximum atomic E-state index is 5.82. The van der Waals surface area contributed by atoms with Gasteiger partial charge in [0.2, 0.25) is 0 Å². The molecule has 0 fully saturated rings. The Morgan fingerprint density at radius 3 is 1.45 bits per heavy atom. The van der Waals surface area contributed by atoms with E-state index in [9.17, 15) is 0 Å². The quantitative estimate of drug-likeness (QED) is 0.623. The van der Waals surface area contributed by atoms with Crippen LogP contribution in [0, 0.1) is 11.8 Å². The Bertz CT molecular complexity index is 534. The van der Waals surface area contributed by atoms with Crippen molar-refractivity contribution in [3.05, 3.63) is 36.4 Å². The molecule has 2 heteroatoms. The van der Waals surface area contributed by atoms with Crippen LogP contribution < -0.4 is 9.47 Å². The average molecular weight is 300 g/mol. The largest absolute Gasteiger partial charge is 0.494 e. The van der Waals surface area contributed by atoms with Gasteiger partial charge in [-0.3, -0.25) is 0 Å². The van der Waals surface area contributed by atoms with Crippen LogP contribution in [-0.4, -0.2) is 13.2 Å². The van der Waals surface area contributed by atoms with Crippen molar-refractivity contribution >= 4 is 10.8 Å².